The van der Waals surface area contributed by atoms with E-state index < -0.39 is 0 Å². The number of aryl methyl sites for hydroxylation is 3. The number of hydrogen-bond acceptors (Lipinski definition) is 3. The van der Waals surface area contributed by atoms with Gasteiger partial charge in [-0.05, 0) is 49.4 Å². The Bertz CT molecular complexity index is 827. The Hall–Kier alpha value is -2.82. The van der Waals surface area contributed by atoms with Crippen LogP contribution in [0.2, 0.25) is 0 Å². The molecule has 1 heterocycles. The first-order valence-electron chi connectivity index (χ1n) is 10.3. The molecule has 2 aromatic carbocycles. The first-order chi connectivity index (χ1) is 14.0. The fourth-order valence-electron chi connectivity index (χ4n) is 3.55. The second kappa shape index (κ2) is 10.1. The van der Waals surface area contributed by atoms with Gasteiger partial charge in [-0.15, -0.1) is 0 Å². The molecule has 5 nitrogen and oxygen atoms in total. The molecule has 0 radical (unpaired) electrons. The molecule has 0 unspecified atom stereocenters. The van der Waals surface area contributed by atoms with Crippen molar-refractivity contribution in [1.29, 1.82) is 0 Å². The number of rotatable bonds is 7. The number of piperazine rings is 1. The number of benzene rings is 2. The van der Waals surface area contributed by atoms with Crippen LogP contribution in [-0.4, -0.2) is 54.4 Å². The average Bonchev–Trinajstić information content (AvgIpc) is 2.75. The van der Waals surface area contributed by atoms with Gasteiger partial charge >= 0.3 is 0 Å². The molecule has 5 heteroatoms. The molecule has 29 heavy (non-hydrogen) atoms. The van der Waals surface area contributed by atoms with E-state index in [4.69, 9.17) is 4.74 Å². The first-order valence-corrected chi connectivity index (χ1v) is 10.3. The zero-order chi connectivity index (χ0) is 20.6. The van der Waals surface area contributed by atoms with Crippen LogP contribution < -0.4 is 4.74 Å². The Kier molecular flexibility index (Phi) is 7.28. The van der Waals surface area contributed by atoms with Gasteiger partial charge < -0.3 is 14.5 Å². The molecular weight excluding hydrogens is 364 g/mol. The minimum atomic E-state index is -0.0258. The molecule has 2 aromatic rings. The molecule has 1 aliphatic rings. The van der Waals surface area contributed by atoms with Crippen molar-refractivity contribution in [2.24, 2.45) is 0 Å². The minimum Gasteiger partial charge on any atom is -0.483 e. The topological polar surface area (TPSA) is 49.9 Å². The smallest absolute Gasteiger partial charge is 0.260 e. The lowest BCUT2D eigenvalue weighted by Crippen LogP contribution is -2.51. The maximum Gasteiger partial charge on any atom is 0.260 e. The number of amides is 2. The highest BCUT2D eigenvalue weighted by molar-refractivity contribution is 5.79. The summed E-state index contributed by atoms with van der Waals surface area (Å²) in [5.41, 5.74) is 3.39. The van der Waals surface area contributed by atoms with Crippen LogP contribution in [0.25, 0.3) is 0 Å². The summed E-state index contributed by atoms with van der Waals surface area (Å²) in [6.45, 7) is 6.35. The van der Waals surface area contributed by atoms with Crippen LogP contribution in [0.15, 0.2) is 48.5 Å². The second-order valence-corrected chi connectivity index (χ2v) is 7.66. The molecule has 0 aliphatic carbocycles. The molecule has 1 saturated heterocycles. The van der Waals surface area contributed by atoms with E-state index >= 15 is 0 Å². The van der Waals surface area contributed by atoms with E-state index in [0.717, 1.165) is 29.7 Å². The lowest BCUT2D eigenvalue weighted by molar-refractivity contribution is -0.140. The van der Waals surface area contributed by atoms with E-state index in [1.54, 1.807) is 4.90 Å². The van der Waals surface area contributed by atoms with Crippen molar-refractivity contribution < 1.29 is 14.3 Å². The molecule has 0 N–H and O–H groups in total. The molecule has 2 amide bonds. The lowest BCUT2D eigenvalue weighted by atomic mass is 10.1. The largest absolute Gasteiger partial charge is 0.483 e. The van der Waals surface area contributed by atoms with Gasteiger partial charge in [0, 0.05) is 32.6 Å². The van der Waals surface area contributed by atoms with Crippen molar-refractivity contribution in [3.8, 4) is 5.75 Å². The van der Waals surface area contributed by atoms with Crippen LogP contribution in [-0.2, 0) is 16.0 Å². The molecule has 0 aromatic heterocycles. The van der Waals surface area contributed by atoms with Crippen LogP contribution >= 0.6 is 0 Å². The molecule has 0 bridgehead atoms. The van der Waals surface area contributed by atoms with Crippen molar-refractivity contribution in [2.75, 3.05) is 32.8 Å². The van der Waals surface area contributed by atoms with Crippen molar-refractivity contribution in [2.45, 2.75) is 33.1 Å². The van der Waals surface area contributed by atoms with Gasteiger partial charge in [-0.2, -0.15) is 0 Å². The van der Waals surface area contributed by atoms with Crippen molar-refractivity contribution in [1.82, 2.24) is 9.80 Å². The lowest BCUT2D eigenvalue weighted by Gasteiger charge is -2.34. The summed E-state index contributed by atoms with van der Waals surface area (Å²) in [5.74, 6) is 0.910. The highest BCUT2D eigenvalue weighted by atomic mass is 16.5. The quantitative estimate of drug-likeness (QED) is 0.723. The summed E-state index contributed by atoms with van der Waals surface area (Å²) < 4.78 is 5.73. The van der Waals surface area contributed by atoms with Crippen LogP contribution in [0.3, 0.4) is 0 Å². The summed E-state index contributed by atoms with van der Waals surface area (Å²) >= 11 is 0. The van der Waals surface area contributed by atoms with Crippen LogP contribution in [0.5, 0.6) is 5.75 Å². The van der Waals surface area contributed by atoms with Gasteiger partial charge in [-0.25, -0.2) is 0 Å². The van der Waals surface area contributed by atoms with Crippen LogP contribution in [0.1, 0.15) is 29.5 Å². The van der Waals surface area contributed by atoms with Crippen LogP contribution in [0, 0.1) is 13.8 Å². The second-order valence-electron chi connectivity index (χ2n) is 7.66. The van der Waals surface area contributed by atoms with Gasteiger partial charge in [0.25, 0.3) is 5.91 Å². The molecule has 0 atom stereocenters. The fraction of sp³-hybridized carbons (Fsp3) is 0.417. The minimum absolute atomic E-state index is 0.0258. The maximum absolute atomic E-state index is 12.5. The van der Waals surface area contributed by atoms with Crippen molar-refractivity contribution in [3.05, 3.63) is 65.2 Å². The van der Waals surface area contributed by atoms with Crippen molar-refractivity contribution >= 4 is 11.8 Å². The van der Waals surface area contributed by atoms with Gasteiger partial charge in [0.2, 0.25) is 5.91 Å². The Balaban J connectivity index is 1.38. The van der Waals surface area contributed by atoms with E-state index in [0.29, 0.717) is 32.6 Å². The molecule has 3 rings (SSSR count). The summed E-state index contributed by atoms with van der Waals surface area (Å²) in [4.78, 5) is 28.6. The zero-order valence-electron chi connectivity index (χ0n) is 17.4. The molecule has 154 valence electrons. The molecule has 0 saturated carbocycles. The Labute approximate surface area is 173 Å². The summed E-state index contributed by atoms with van der Waals surface area (Å²) in [7, 11) is 0. The van der Waals surface area contributed by atoms with E-state index in [9.17, 15) is 9.59 Å². The van der Waals surface area contributed by atoms with Gasteiger partial charge in [0.05, 0.1) is 0 Å². The van der Waals surface area contributed by atoms with Gasteiger partial charge in [-0.1, -0.05) is 42.5 Å². The normalized spacial score (nSPS) is 14.0. The summed E-state index contributed by atoms with van der Waals surface area (Å²) in [6, 6.07) is 16.2. The molecular formula is C24H30N2O3. The highest BCUT2D eigenvalue weighted by Crippen LogP contribution is 2.19. The number of hydrogen-bond donors (Lipinski definition) is 0. The predicted molar refractivity (Wildman–Crippen MR) is 114 cm³/mol. The van der Waals surface area contributed by atoms with E-state index in [-0.39, 0.29) is 18.4 Å². The van der Waals surface area contributed by atoms with Gasteiger partial charge in [0.1, 0.15) is 5.75 Å². The standard InChI is InChI=1S/C24H30N2O3/c1-19-11-12-20(2)22(17-19)29-18-24(28)26-15-13-25(14-16-26)23(27)10-6-9-21-7-4-3-5-8-21/h3-5,7-8,11-12,17H,6,9-10,13-16,18H2,1-2H3. The zero-order valence-corrected chi connectivity index (χ0v) is 17.4. The van der Waals surface area contributed by atoms with E-state index in [1.807, 2.05) is 55.1 Å². The molecule has 1 aliphatic heterocycles. The van der Waals surface area contributed by atoms with E-state index in [2.05, 4.69) is 12.1 Å². The number of carbonyl (C=O) groups is 2. The third kappa shape index (κ3) is 6.08. The predicted octanol–water partition coefficient (Wildman–Crippen LogP) is 3.38. The number of nitrogens with zero attached hydrogens (tertiary/aromatic N) is 2. The Morgan fingerprint density at radius 3 is 2.24 bits per heavy atom. The van der Waals surface area contributed by atoms with Crippen molar-refractivity contribution in [3.63, 3.8) is 0 Å². The Morgan fingerprint density at radius 1 is 0.897 bits per heavy atom. The molecule has 1 fully saturated rings. The van der Waals surface area contributed by atoms with Gasteiger partial charge in [0.15, 0.2) is 6.61 Å². The monoisotopic (exact) mass is 394 g/mol. The van der Waals surface area contributed by atoms with Crippen LogP contribution in [0.4, 0.5) is 0 Å². The van der Waals surface area contributed by atoms with Gasteiger partial charge in [-0.3, -0.25) is 9.59 Å². The highest BCUT2D eigenvalue weighted by Gasteiger charge is 2.24. The third-order valence-electron chi connectivity index (χ3n) is 5.38. The number of carbonyl (C=O) groups excluding carboxylic acids is 2. The summed E-state index contributed by atoms with van der Waals surface area (Å²) in [6.07, 6.45) is 2.32. The fourth-order valence-corrected chi connectivity index (χ4v) is 3.55. The first kappa shape index (κ1) is 20.9. The third-order valence-corrected chi connectivity index (χ3v) is 5.38. The SMILES string of the molecule is Cc1ccc(C)c(OCC(=O)N2CCN(C(=O)CCCc3ccccc3)CC2)c1. The average molecular weight is 395 g/mol. The Morgan fingerprint density at radius 2 is 1.55 bits per heavy atom. The molecule has 0 spiro atoms. The maximum atomic E-state index is 12.5. The summed E-state index contributed by atoms with van der Waals surface area (Å²) in [5, 5.41) is 0. The van der Waals surface area contributed by atoms with E-state index in [1.165, 1.54) is 5.56 Å². The number of ether oxygens (including phenoxy) is 1.